The van der Waals surface area contributed by atoms with Crippen LogP contribution >= 0.6 is 0 Å². The highest BCUT2D eigenvalue weighted by atomic mass is 19.1. The summed E-state index contributed by atoms with van der Waals surface area (Å²) in [5.41, 5.74) is 2.03. The summed E-state index contributed by atoms with van der Waals surface area (Å²) in [5.74, 6) is -0.324. The van der Waals surface area contributed by atoms with Gasteiger partial charge in [-0.25, -0.2) is 4.39 Å². The van der Waals surface area contributed by atoms with Crippen molar-refractivity contribution in [2.24, 2.45) is 7.05 Å². The van der Waals surface area contributed by atoms with E-state index in [4.69, 9.17) is 0 Å². The van der Waals surface area contributed by atoms with Crippen LogP contribution in [0.4, 0.5) is 4.39 Å². The van der Waals surface area contributed by atoms with Crippen LogP contribution in [0.1, 0.15) is 42.1 Å². The molecule has 1 aromatic heterocycles. The van der Waals surface area contributed by atoms with E-state index < -0.39 is 6.10 Å². The summed E-state index contributed by atoms with van der Waals surface area (Å²) in [7, 11) is 1.82. The number of hydrogen-bond donors (Lipinski definition) is 1. The Balaban J connectivity index is 1.70. The minimum Gasteiger partial charge on any atom is -0.388 e. The number of rotatable bonds is 5. The molecule has 1 N–H and O–H groups in total. The minimum absolute atomic E-state index is 0.218. The van der Waals surface area contributed by atoms with E-state index in [1.54, 1.807) is 10.9 Å². The average Bonchev–Trinajstić information content (AvgIpc) is 3.17. The number of aryl methyl sites for hydroxylation is 1. The topological polar surface area (TPSA) is 65.1 Å². The lowest BCUT2D eigenvalue weighted by Crippen LogP contribution is -2.30. The molecule has 2 aromatic rings. The van der Waals surface area contributed by atoms with Crippen LogP contribution in [0.2, 0.25) is 0 Å². The number of nitrogens with zero attached hydrogens (tertiary/aromatic N) is 4. The molecule has 1 aromatic carbocycles. The molecule has 2 atom stereocenters. The van der Waals surface area contributed by atoms with Crippen molar-refractivity contribution in [1.29, 1.82) is 5.26 Å². The molecule has 2 heterocycles. The standard InChI is InChI=1S/C18H21FN4O/c1-22-11-15(10-21-22)18(24)8-17-3-2-6-23(17)12-14-7-16(19)5-4-13(14)9-20/h4-5,7,10-11,17-18,24H,2-3,6,8,12H2,1H3. The number of aliphatic hydroxyl groups excluding tert-OH is 1. The highest BCUT2D eigenvalue weighted by Crippen LogP contribution is 2.29. The molecule has 0 amide bonds. The predicted molar refractivity (Wildman–Crippen MR) is 87.3 cm³/mol. The van der Waals surface area contributed by atoms with E-state index in [0.717, 1.165) is 24.9 Å². The van der Waals surface area contributed by atoms with Crippen LogP contribution in [-0.4, -0.2) is 32.4 Å². The third-order valence-electron chi connectivity index (χ3n) is 4.67. The van der Waals surface area contributed by atoms with Gasteiger partial charge in [0.2, 0.25) is 0 Å². The highest BCUT2D eigenvalue weighted by Gasteiger charge is 2.28. The number of likely N-dealkylation sites (tertiary alicyclic amines) is 1. The number of hydrogen-bond acceptors (Lipinski definition) is 4. The van der Waals surface area contributed by atoms with Crippen molar-refractivity contribution in [2.75, 3.05) is 6.54 Å². The van der Waals surface area contributed by atoms with Crippen LogP contribution < -0.4 is 0 Å². The van der Waals surface area contributed by atoms with Crippen molar-refractivity contribution in [3.63, 3.8) is 0 Å². The van der Waals surface area contributed by atoms with Gasteiger partial charge in [-0.05, 0) is 49.6 Å². The molecule has 1 aliphatic rings. The van der Waals surface area contributed by atoms with Gasteiger partial charge in [0.05, 0.1) is 23.9 Å². The second-order valence-corrected chi connectivity index (χ2v) is 6.38. The normalized spacial score (nSPS) is 19.3. The number of aromatic nitrogens is 2. The summed E-state index contributed by atoms with van der Waals surface area (Å²) >= 11 is 0. The van der Waals surface area contributed by atoms with Crippen molar-refractivity contribution in [3.05, 3.63) is 53.1 Å². The molecule has 3 rings (SSSR count). The Morgan fingerprint density at radius 2 is 2.33 bits per heavy atom. The van der Waals surface area contributed by atoms with Gasteiger partial charge in [0.15, 0.2) is 0 Å². The predicted octanol–water partition coefficient (Wildman–Crippen LogP) is 2.52. The molecular weight excluding hydrogens is 307 g/mol. The molecule has 0 bridgehead atoms. The molecule has 0 aliphatic carbocycles. The number of nitriles is 1. The van der Waals surface area contributed by atoms with Gasteiger partial charge < -0.3 is 5.11 Å². The Bertz CT molecular complexity index is 752. The van der Waals surface area contributed by atoms with Crippen molar-refractivity contribution in [3.8, 4) is 6.07 Å². The van der Waals surface area contributed by atoms with Crippen LogP contribution in [0, 0.1) is 17.1 Å². The van der Waals surface area contributed by atoms with Gasteiger partial charge in [0.1, 0.15) is 5.82 Å². The van der Waals surface area contributed by atoms with Crippen LogP contribution in [0.15, 0.2) is 30.6 Å². The molecule has 0 spiro atoms. The molecule has 1 fully saturated rings. The molecule has 0 saturated carbocycles. The monoisotopic (exact) mass is 328 g/mol. The van der Waals surface area contributed by atoms with Gasteiger partial charge >= 0.3 is 0 Å². The van der Waals surface area contributed by atoms with E-state index in [2.05, 4.69) is 16.1 Å². The fourth-order valence-electron chi connectivity index (χ4n) is 3.40. The number of benzene rings is 1. The third kappa shape index (κ3) is 3.64. The van der Waals surface area contributed by atoms with Gasteiger partial charge in [-0.15, -0.1) is 0 Å². The second-order valence-electron chi connectivity index (χ2n) is 6.38. The summed E-state index contributed by atoms with van der Waals surface area (Å²) in [4.78, 5) is 2.23. The molecule has 2 unspecified atom stereocenters. The maximum atomic E-state index is 13.5. The second kappa shape index (κ2) is 7.12. The molecule has 5 nitrogen and oxygen atoms in total. The van der Waals surface area contributed by atoms with Crippen LogP contribution in [-0.2, 0) is 13.6 Å². The SMILES string of the molecule is Cn1cc(C(O)CC2CCCN2Cc2cc(F)ccc2C#N)cn1. The van der Waals surface area contributed by atoms with Gasteiger partial charge in [0.25, 0.3) is 0 Å². The van der Waals surface area contributed by atoms with Gasteiger partial charge in [-0.2, -0.15) is 10.4 Å². The number of halogens is 1. The molecular formula is C18H21FN4O. The van der Waals surface area contributed by atoms with E-state index in [9.17, 15) is 14.8 Å². The molecule has 0 radical (unpaired) electrons. The third-order valence-corrected chi connectivity index (χ3v) is 4.67. The Kier molecular flexibility index (Phi) is 4.93. The highest BCUT2D eigenvalue weighted by molar-refractivity contribution is 5.37. The lowest BCUT2D eigenvalue weighted by atomic mass is 10.0. The van der Waals surface area contributed by atoms with Crippen LogP contribution in [0.5, 0.6) is 0 Å². The fourth-order valence-corrected chi connectivity index (χ4v) is 3.40. The van der Waals surface area contributed by atoms with Crippen molar-refractivity contribution < 1.29 is 9.50 Å². The Labute approximate surface area is 140 Å². The summed E-state index contributed by atoms with van der Waals surface area (Å²) in [5, 5.41) is 23.7. The summed E-state index contributed by atoms with van der Waals surface area (Å²) in [6, 6.07) is 6.62. The van der Waals surface area contributed by atoms with E-state index in [1.807, 2.05) is 13.2 Å². The molecule has 1 saturated heterocycles. The largest absolute Gasteiger partial charge is 0.388 e. The maximum absolute atomic E-state index is 13.5. The first-order chi connectivity index (χ1) is 11.6. The van der Waals surface area contributed by atoms with Crippen molar-refractivity contribution in [2.45, 2.75) is 38.0 Å². The first-order valence-electron chi connectivity index (χ1n) is 8.16. The first kappa shape index (κ1) is 16.6. The quantitative estimate of drug-likeness (QED) is 0.916. The van der Waals surface area contributed by atoms with Crippen molar-refractivity contribution in [1.82, 2.24) is 14.7 Å². The maximum Gasteiger partial charge on any atom is 0.123 e. The summed E-state index contributed by atoms with van der Waals surface area (Å²) in [6.07, 6.45) is 5.60. The van der Waals surface area contributed by atoms with Crippen LogP contribution in [0.25, 0.3) is 0 Å². The Hall–Kier alpha value is -2.23. The van der Waals surface area contributed by atoms with E-state index in [-0.39, 0.29) is 11.9 Å². The lowest BCUT2D eigenvalue weighted by Gasteiger charge is -2.26. The van der Waals surface area contributed by atoms with Gasteiger partial charge in [0, 0.05) is 31.4 Å². The fraction of sp³-hybridized carbons (Fsp3) is 0.444. The summed E-state index contributed by atoms with van der Waals surface area (Å²) < 4.78 is 15.2. The Morgan fingerprint density at radius 3 is 3.04 bits per heavy atom. The molecule has 1 aliphatic heterocycles. The molecule has 24 heavy (non-hydrogen) atoms. The van der Waals surface area contributed by atoms with E-state index in [0.29, 0.717) is 24.1 Å². The molecule has 6 heteroatoms. The number of aliphatic hydroxyl groups is 1. The Morgan fingerprint density at radius 1 is 1.50 bits per heavy atom. The average molecular weight is 328 g/mol. The lowest BCUT2D eigenvalue weighted by molar-refractivity contribution is 0.118. The van der Waals surface area contributed by atoms with Gasteiger partial charge in [-0.3, -0.25) is 9.58 Å². The smallest absolute Gasteiger partial charge is 0.123 e. The van der Waals surface area contributed by atoms with Gasteiger partial charge in [-0.1, -0.05) is 0 Å². The zero-order chi connectivity index (χ0) is 17.1. The van der Waals surface area contributed by atoms with Crippen molar-refractivity contribution >= 4 is 0 Å². The summed E-state index contributed by atoms with van der Waals surface area (Å²) in [6.45, 7) is 1.43. The zero-order valence-electron chi connectivity index (χ0n) is 13.7. The first-order valence-corrected chi connectivity index (χ1v) is 8.16. The molecule has 126 valence electrons. The zero-order valence-corrected chi connectivity index (χ0v) is 13.7. The van der Waals surface area contributed by atoms with E-state index in [1.165, 1.54) is 18.2 Å². The minimum atomic E-state index is -0.563. The van der Waals surface area contributed by atoms with E-state index >= 15 is 0 Å². The van der Waals surface area contributed by atoms with Crippen LogP contribution in [0.3, 0.4) is 0 Å².